The SMILES string of the molecule is COc1cc2nccn2cc1C(=O)O. The molecule has 0 radical (unpaired) electrons. The van der Waals surface area contributed by atoms with E-state index in [4.69, 9.17) is 9.84 Å². The van der Waals surface area contributed by atoms with Gasteiger partial charge in [0, 0.05) is 24.7 Å². The molecular formula is C9H8N2O3. The molecule has 0 amide bonds. The zero-order valence-corrected chi connectivity index (χ0v) is 7.47. The second-order valence-electron chi connectivity index (χ2n) is 2.75. The van der Waals surface area contributed by atoms with Gasteiger partial charge in [-0.1, -0.05) is 0 Å². The third-order valence-corrected chi connectivity index (χ3v) is 1.94. The summed E-state index contributed by atoms with van der Waals surface area (Å²) >= 11 is 0. The molecule has 0 saturated heterocycles. The number of fused-ring (bicyclic) bond motifs is 1. The maximum Gasteiger partial charge on any atom is 0.341 e. The van der Waals surface area contributed by atoms with Crippen LogP contribution >= 0.6 is 0 Å². The van der Waals surface area contributed by atoms with E-state index in [-0.39, 0.29) is 5.56 Å². The molecule has 0 aliphatic carbocycles. The first-order valence-electron chi connectivity index (χ1n) is 3.96. The first-order valence-corrected chi connectivity index (χ1v) is 3.96. The number of imidazole rings is 1. The van der Waals surface area contributed by atoms with Gasteiger partial charge in [-0.3, -0.25) is 0 Å². The van der Waals surface area contributed by atoms with Gasteiger partial charge in [-0.05, 0) is 0 Å². The minimum Gasteiger partial charge on any atom is -0.496 e. The Balaban J connectivity index is 2.72. The number of carboxylic acid groups (broad SMARTS) is 1. The largest absolute Gasteiger partial charge is 0.496 e. The van der Waals surface area contributed by atoms with Gasteiger partial charge in [0.2, 0.25) is 0 Å². The fraction of sp³-hybridized carbons (Fsp3) is 0.111. The van der Waals surface area contributed by atoms with E-state index < -0.39 is 5.97 Å². The molecule has 0 unspecified atom stereocenters. The molecule has 0 atom stereocenters. The smallest absolute Gasteiger partial charge is 0.341 e. The summed E-state index contributed by atoms with van der Waals surface area (Å²) in [6.45, 7) is 0. The predicted molar refractivity (Wildman–Crippen MR) is 48.7 cm³/mol. The van der Waals surface area contributed by atoms with Gasteiger partial charge in [0.1, 0.15) is 17.0 Å². The van der Waals surface area contributed by atoms with Gasteiger partial charge >= 0.3 is 5.97 Å². The van der Waals surface area contributed by atoms with Crippen molar-refractivity contribution in [2.45, 2.75) is 0 Å². The molecule has 5 heteroatoms. The lowest BCUT2D eigenvalue weighted by atomic mass is 10.2. The van der Waals surface area contributed by atoms with Crippen molar-refractivity contribution in [1.82, 2.24) is 9.38 Å². The molecule has 0 bridgehead atoms. The number of pyridine rings is 1. The van der Waals surface area contributed by atoms with Gasteiger partial charge < -0.3 is 14.2 Å². The van der Waals surface area contributed by atoms with Gasteiger partial charge in [-0.25, -0.2) is 9.78 Å². The summed E-state index contributed by atoms with van der Waals surface area (Å²) in [4.78, 5) is 14.9. The fourth-order valence-electron chi connectivity index (χ4n) is 1.27. The molecule has 0 spiro atoms. The Bertz CT molecular complexity index is 490. The van der Waals surface area contributed by atoms with Crippen LogP contribution in [-0.4, -0.2) is 27.6 Å². The Hall–Kier alpha value is -2.04. The molecule has 2 aromatic rings. The van der Waals surface area contributed by atoms with E-state index in [0.717, 1.165) is 0 Å². The number of aromatic nitrogens is 2. The van der Waals surface area contributed by atoms with Crippen molar-refractivity contribution in [2.24, 2.45) is 0 Å². The van der Waals surface area contributed by atoms with Gasteiger partial charge in [0.15, 0.2) is 0 Å². The van der Waals surface area contributed by atoms with Crippen LogP contribution in [0.3, 0.4) is 0 Å². The molecule has 14 heavy (non-hydrogen) atoms. The van der Waals surface area contributed by atoms with Crippen LogP contribution in [0.2, 0.25) is 0 Å². The van der Waals surface area contributed by atoms with Crippen molar-refractivity contribution >= 4 is 11.6 Å². The topological polar surface area (TPSA) is 63.8 Å². The second-order valence-corrected chi connectivity index (χ2v) is 2.75. The normalized spacial score (nSPS) is 10.4. The lowest BCUT2D eigenvalue weighted by molar-refractivity contribution is 0.0693. The van der Waals surface area contributed by atoms with Crippen molar-refractivity contribution < 1.29 is 14.6 Å². The van der Waals surface area contributed by atoms with Crippen molar-refractivity contribution in [3.8, 4) is 5.75 Å². The minimum absolute atomic E-state index is 0.123. The third kappa shape index (κ3) is 1.19. The number of hydrogen-bond donors (Lipinski definition) is 1. The summed E-state index contributed by atoms with van der Waals surface area (Å²) in [6.07, 6.45) is 4.76. The van der Waals surface area contributed by atoms with E-state index in [2.05, 4.69) is 4.98 Å². The van der Waals surface area contributed by atoms with E-state index in [1.165, 1.54) is 13.3 Å². The third-order valence-electron chi connectivity index (χ3n) is 1.94. The monoisotopic (exact) mass is 192 g/mol. The van der Waals surface area contributed by atoms with Crippen LogP contribution in [-0.2, 0) is 0 Å². The highest BCUT2D eigenvalue weighted by atomic mass is 16.5. The first-order chi connectivity index (χ1) is 6.72. The zero-order chi connectivity index (χ0) is 10.1. The van der Waals surface area contributed by atoms with Gasteiger partial charge in [0.25, 0.3) is 0 Å². The summed E-state index contributed by atoms with van der Waals surface area (Å²) in [5, 5.41) is 8.88. The van der Waals surface area contributed by atoms with Crippen LogP contribution in [0, 0.1) is 0 Å². The predicted octanol–water partition coefficient (Wildman–Crippen LogP) is 1.04. The zero-order valence-electron chi connectivity index (χ0n) is 7.47. The quantitative estimate of drug-likeness (QED) is 0.772. The molecule has 5 nitrogen and oxygen atoms in total. The summed E-state index contributed by atoms with van der Waals surface area (Å²) in [7, 11) is 1.43. The number of hydrogen-bond acceptors (Lipinski definition) is 3. The van der Waals surface area contributed by atoms with E-state index in [1.807, 2.05) is 0 Å². The number of ether oxygens (including phenoxy) is 1. The Kier molecular flexibility index (Phi) is 1.85. The van der Waals surface area contributed by atoms with Gasteiger partial charge in [-0.15, -0.1) is 0 Å². The Morgan fingerprint density at radius 3 is 3.07 bits per heavy atom. The van der Waals surface area contributed by atoms with Crippen LogP contribution in [0.1, 0.15) is 10.4 Å². The molecular weight excluding hydrogens is 184 g/mol. The molecule has 0 aliphatic rings. The minimum atomic E-state index is -1.02. The number of methoxy groups -OCH3 is 1. The highest BCUT2D eigenvalue weighted by molar-refractivity contribution is 5.91. The maximum atomic E-state index is 10.8. The van der Waals surface area contributed by atoms with Crippen molar-refractivity contribution in [1.29, 1.82) is 0 Å². The molecule has 2 heterocycles. The maximum absolute atomic E-state index is 10.8. The van der Waals surface area contributed by atoms with Crippen molar-refractivity contribution in [2.75, 3.05) is 7.11 Å². The molecule has 0 aromatic carbocycles. The van der Waals surface area contributed by atoms with E-state index in [0.29, 0.717) is 11.4 Å². The van der Waals surface area contributed by atoms with Crippen LogP contribution in [0.25, 0.3) is 5.65 Å². The molecule has 0 aliphatic heterocycles. The standard InChI is InChI=1S/C9H8N2O3/c1-14-7-4-8-10-2-3-11(8)5-6(7)9(12)13/h2-5H,1H3,(H,12,13). The summed E-state index contributed by atoms with van der Waals surface area (Å²) in [5.74, 6) is -0.700. The molecule has 2 rings (SSSR count). The van der Waals surface area contributed by atoms with Crippen LogP contribution < -0.4 is 4.74 Å². The first kappa shape index (κ1) is 8.55. The number of rotatable bonds is 2. The van der Waals surface area contributed by atoms with Crippen LogP contribution in [0.15, 0.2) is 24.7 Å². The summed E-state index contributed by atoms with van der Waals surface area (Å²) < 4.78 is 6.58. The Morgan fingerprint density at radius 1 is 1.64 bits per heavy atom. The Labute approximate surface area is 79.6 Å². The van der Waals surface area contributed by atoms with E-state index in [9.17, 15) is 4.79 Å². The molecule has 2 aromatic heterocycles. The summed E-state index contributed by atoms with van der Waals surface area (Å²) in [5.41, 5.74) is 0.782. The molecule has 72 valence electrons. The lowest BCUT2D eigenvalue weighted by Crippen LogP contribution is -2.02. The highest BCUT2D eigenvalue weighted by Gasteiger charge is 2.12. The van der Waals surface area contributed by atoms with Crippen LogP contribution in [0.5, 0.6) is 5.75 Å². The van der Waals surface area contributed by atoms with Gasteiger partial charge in [-0.2, -0.15) is 0 Å². The second kappa shape index (κ2) is 3.02. The average Bonchev–Trinajstić information content (AvgIpc) is 2.62. The Morgan fingerprint density at radius 2 is 2.43 bits per heavy atom. The number of aromatic carboxylic acids is 1. The molecule has 1 N–H and O–H groups in total. The number of carboxylic acids is 1. The van der Waals surface area contributed by atoms with Crippen LogP contribution in [0.4, 0.5) is 0 Å². The van der Waals surface area contributed by atoms with E-state index >= 15 is 0 Å². The summed E-state index contributed by atoms with van der Waals surface area (Å²) in [6, 6.07) is 1.59. The molecule has 0 saturated carbocycles. The average molecular weight is 192 g/mol. The number of nitrogens with zero attached hydrogens (tertiary/aromatic N) is 2. The molecule has 0 fully saturated rings. The van der Waals surface area contributed by atoms with Crippen molar-refractivity contribution in [3.05, 3.63) is 30.2 Å². The number of carbonyl (C=O) groups is 1. The fourth-order valence-corrected chi connectivity index (χ4v) is 1.27. The van der Waals surface area contributed by atoms with E-state index in [1.54, 1.807) is 22.9 Å². The highest BCUT2D eigenvalue weighted by Crippen LogP contribution is 2.19. The lowest BCUT2D eigenvalue weighted by Gasteiger charge is -2.04. The van der Waals surface area contributed by atoms with Gasteiger partial charge in [0.05, 0.1) is 7.11 Å². The van der Waals surface area contributed by atoms with Crippen molar-refractivity contribution in [3.63, 3.8) is 0 Å².